The Morgan fingerprint density at radius 1 is 0.714 bits per heavy atom. The summed E-state index contributed by atoms with van der Waals surface area (Å²) in [5.41, 5.74) is 3.78. The molecule has 49 heavy (non-hydrogen) atoms. The summed E-state index contributed by atoms with van der Waals surface area (Å²) in [5.74, 6) is -1.34. The Bertz CT molecular complexity index is 1640. The number of amides is 2. The van der Waals surface area contributed by atoms with Gasteiger partial charge in [0.25, 0.3) is 5.91 Å². The van der Waals surface area contributed by atoms with E-state index in [0.29, 0.717) is 30.0 Å². The van der Waals surface area contributed by atoms with E-state index in [1.54, 1.807) is 48.5 Å². The minimum Gasteiger partial charge on any atom is -0.494 e. The molecule has 0 aliphatic heterocycles. The summed E-state index contributed by atoms with van der Waals surface area (Å²) in [6.07, 6.45) is 6.11. The predicted octanol–water partition coefficient (Wildman–Crippen LogP) is 7.04. The fraction of sp³-hybridized carbons (Fsp3) is 0.300. The van der Waals surface area contributed by atoms with Gasteiger partial charge in [-0.25, -0.2) is 4.79 Å². The van der Waals surface area contributed by atoms with Gasteiger partial charge >= 0.3 is 5.97 Å². The van der Waals surface area contributed by atoms with E-state index >= 15 is 0 Å². The van der Waals surface area contributed by atoms with E-state index in [-0.39, 0.29) is 36.7 Å². The molecule has 0 heterocycles. The minimum absolute atomic E-state index is 0.0310. The number of hydrogen-bond donors (Lipinski definition) is 3. The third kappa shape index (κ3) is 12.7. The van der Waals surface area contributed by atoms with Crippen molar-refractivity contribution in [3.05, 3.63) is 131 Å². The van der Waals surface area contributed by atoms with E-state index in [9.17, 15) is 24.3 Å². The van der Waals surface area contributed by atoms with Crippen molar-refractivity contribution in [2.45, 2.75) is 64.5 Å². The maximum absolute atomic E-state index is 12.9. The molecular weight excluding hydrogens is 620 g/mol. The Labute approximate surface area is 287 Å². The molecule has 0 saturated heterocycles. The van der Waals surface area contributed by atoms with Crippen LogP contribution in [0.25, 0.3) is 0 Å². The average Bonchev–Trinajstić information content (AvgIpc) is 3.11. The number of anilines is 1. The van der Waals surface area contributed by atoms with E-state index in [1.807, 2.05) is 42.5 Å². The number of carboxylic acid groups (broad SMARTS) is 1. The smallest absolute Gasteiger partial charge is 0.326 e. The molecule has 4 aromatic carbocycles. The number of unbranched alkanes of at least 4 members (excludes halogenated alkanes) is 4. The molecule has 0 radical (unpaired) electrons. The van der Waals surface area contributed by atoms with Gasteiger partial charge in [-0.2, -0.15) is 0 Å². The first kappa shape index (κ1) is 36.6. The number of benzene rings is 4. The molecule has 0 bridgehead atoms. The Balaban J connectivity index is 1.21. The number of rotatable bonds is 20. The quantitative estimate of drug-likeness (QED) is 0.0682. The van der Waals surface area contributed by atoms with E-state index in [0.717, 1.165) is 29.7 Å². The van der Waals surface area contributed by atoms with E-state index < -0.39 is 17.9 Å². The molecule has 4 aromatic rings. The van der Waals surface area contributed by atoms with Crippen LogP contribution in [-0.4, -0.2) is 47.9 Å². The number of carbonyl (C=O) groups is 4. The molecule has 256 valence electrons. The molecule has 0 unspecified atom stereocenters. The SMILES string of the molecule is CCCCCCCOc1ccc(C(=O)Cc2ccc(C[C@H](NC(=O)c3ccc(NC(=O)COCc4ccccc4)cc3)C(=O)O)cc2)cc1. The summed E-state index contributed by atoms with van der Waals surface area (Å²) in [6.45, 7) is 3.04. The van der Waals surface area contributed by atoms with Crippen LogP contribution in [0.2, 0.25) is 0 Å². The number of hydrogen-bond acceptors (Lipinski definition) is 6. The van der Waals surface area contributed by atoms with Crippen LogP contribution >= 0.6 is 0 Å². The second-order valence-corrected chi connectivity index (χ2v) is 11.9. The highest BCUT2D eigenvalue weighted by molar-refractivity contribution is 5.98. The van der Waals surface area contributed by atoms with Gasteiger partial charge in [0.05, 0.1) is 13.2 Å². The first-order chi connectivity index (χ1) is 23.8. The van der Waals surface area contributed by atoms with Gasteiger partial charge < -0.3 is 25.2 Å². The predicted molar refractivity (Wildman–Crippen MR) is 189 cm³/mol. The van der Waals surface area contributed by atoms with Crippen LogP contribution in [0.3, 0.4) is 0 Å². The van der Waals surface area contributed by atoms with Gasteiger partial charge in [0, 0.05) is 29.7 Å². The molecule has 3 N–H and O–H groups in total. The fourth-order valence-electron chi connectivity index (χ4n) is 5.13. The maximum Gasteiger partial charge on any atom is 0.326 e. The summed E-state index contributed by atoms with van der Waals surface area (Å²) >= 11 is 0. The van der Waals surface area contributed by atoms with Crippen molar-refractivity contribution in [3.8, 4) is 5.75 Å². The molecular formula is C40H44N2O7. The Morgan fingerprint density at radius 3 is 2.04 bits per heavy atom. The van der Waals surface area contributed by atoms with Crippen LogP contribution in [0.5, 0.6) is 5.75 Å². The molecule has 0 fully saturated rings. The van der Waals surface area contributed by atoms with Gasteiger partial charge in [-0.05, 0) is 71.6 Å². The Morgan fingerprint density at radius 2 is 1.37 bits per heavy atom. The zero-order valence-electron chi connectivity index (χ0n) is 27.9. The number of carbonyl (C=O) groups excluding carboxylic acids is 3. The number of ketones is 1. The maximum atomic E-state index is 12.9. The summed E-state index contributed by atoms with van der Waals surface area (Å²) in [6, 6.07) is 28.8. The highest BCUT2D eigenvalue weighted by Crippen LogP contribution is 2.17. The van der Waals surface area contributed by atoms with Crippen molar-refractivity contribution in [2.24, 2.45) is 0 Å². The molecule has 0 spiro atoms. The van der Waals surface area contributed by atoms with E-state index in [2.05, 4.69) is 17.6 Å². The van der Waals surface area contributed by atoms with Crippen molar-refractivity contribution < 1.29 is 33.8 Å². The first-order valence-electron chi connectivity index (χ1n) is 16.7. The third-order valence-corrected chi connectivity index (χ3v) is 7.90. The summed E-state index contributed by atoms with van der Waals surface area (Å²) in [5, 5.41) is 15.1. The minimum atomic E-state index is -1.17. The molecule has 0 aromatic heterocycles. The highest BCUT2D eigenvalue weighted by atomic mass is 16.5. The Kier molecular flexibility index (Phi) is 14.6. The zero-order chi connectivity index (χ0) is 34.8. The van der Waals surface area contributed by atoms with Gasteiger partial charge in [0.1, 0.15) is 18.4 Å². The number of aliphatic carboxylic acids is 1. The summed E-state index contributed by atoms with van der Waals surface area (Å²) in [7, 11) is 0. The molecule has 4 rings (SSSR count). The molecule has 0 aliphatic rings. The second kappa shape index (κ2) is 19.5. The van der Waals surface area contributed by atoms with Gasteiger partial charge in [-0.3, -0.25) is 14.4 Å². The van der Waals surface area contributed by atoms with Crippen molar-refractivity contribution in [2.75, 3.05) is 18.5 Å². The van der Waals surface area contributed by atoms with Gasteiger partial charge in [0.2, 0.25) is 5.91 Å². The average molecular weight is 665 g/mol. The van der Waals surface area contributed by atoms with Crippen molar-refractivity contribution in [1.29, 1.82) is 0 Å². The number of carboxylic acids is 1. The van der Waals surface area contributed by atoms with Gasteiger partial charge in [-0.15, -0.1) is 0 Å². The summed E-state index contributed by atoms with van der Waals surface area (Å²) < 4.78 is 11.2. The number of nitrogens with one attached hydrogen (secondary N) is 2. The van der Waals surface area contributed by atoms with Gasteiger partial charge in [-0.1, -0.05) is 87.2 Å². The summed E-state index contributed by atoms with van der Waals surface area (Å²) in [4.78, 5) is 50.0. The van der Waals surface area contributed by atoms with E-state index in [1.165, 1.54) is 31.4 Å². The fourth-order valence-corrected chi connectivity index (χ4v) is 5.13. The first-order valence-corrected chi connectivity index (χ1v) is 16.7. The molecule has 0 saturated carbocycles. The van der Waals surface area contributed by atoms with E-state index in [4.69, 9.17) is 9.47 Å². The van der Waals surface area contributed by atoms with Crippen LogP contribution < -0.4 is 15.4 Å². The third-order valence-electron chi connectivity index (χ3n) is 7.90. The number of Topliss-reactive ketones (excluding diaryl/α,β-unsaturated/α-hetero) is 1. The van der Waals surface area contributed by atoms with Crippen molar-refractivity contribution >= 4 is 29.3 Å². The lowest BCUT2D eigenvalue weighted by molar-refractivity contribution is -0.139. The lowest BCUT2D eigenvalue weighted by Gasteiger charge is -2.15. The lowest BCUT2D eigenvalue weighted by atomic mass is 9.99. The lowest BCUT2D eigenvalue weighted by Crippen LogP contribution is -2.42. The molecule has 1 atom stereocenters. The van der Waals surface area contributed by atoms with Crippen LogP contribution in [0.15, 0.2) is 103 Å². The monoisotopic (exact) mass is 664 g/mol. The molecule has 9 heteroatoms. The largest absolute Gasteiger partial charge is 0.494 e. The zero-order valence-corrected chi connectivity index (χ0v) is 27.9. The van der Waals surface area contributed by atoms with Crippen LogP contribution in [0.4, 0.5) is 5.69 Å². The number of ether oxygens (including phenoxy) is 2. The van der Waals surface area contributed by atoms with Crippen molar-refractivity contribution in [1.82, 2.24) is 5.32 Å². The topological polar surface area (TPSA) is 131 Å². The van der Waals surface area contributed by atoms with Gasteiger partial charge in [0.15, 0.2) is 5.78 Å². The standard InChI is InChI=1S/C40H44N2O7/c1-2-3-4-5-9-24-49-35-22-18-32(19-23-35)37(43)26-30-14-12-29(13-15-30)25-36(40(46)47)42-39(45)33-16-20-34(21-17-33)41-38(44)28-48-27-31-10-7-6-8-11-31/h6-8,10-23,36H,2-5,9,24-28H2,1H3,(H,41,44)(H,42,45)(H,46,47)/t36-/m0/s1. The molecule has 0 aliphatic carbocycles. The van der Waals surface area contributed by atoms with Crippen LogP contribution in [0.1, 0.15) is 76.4 Å². The normalized spacial score (nSPS) is 11.4. The molecule has 2 amide bonds. The van der Waals surface area contributed by atoms with Crippen molar-refractivity contribution in [3.63, 3.8) is 0 Å². The second-order valence-electron chi connectivity index (χ2n) is 11.9. The highest BCUT2D eigenvalue weighted by Gasteiger charge is 2.21. The van der Waals surface area contributed by atoms with Crippen LogP contribution in [-0.2, 0) is 33.8 Å². The molecule has 9 nitrogen and oxygen atoms in total. The Hall–Kier alpha value is -5.28. The van der Waals surface area contributed by atoms with Crippen LogP contribution in [0, 0.1) is 0 Å².